The van der Waals surface area contributed by atoms with Crippen molar-refractivity contribution < 1.29 is 13.0 Å². The second kappa shape index (κ2) is 6.26. The smallest absolute Gasteiger partial charge is 0.323 e. The molecule has 1 unspecified atom stereocenters. The van der Waals surface area contributed by atoms with E-state index in [0.29, 0.717) is 23.2 Å². The predicted molar refractivity (Wildman–Crippen MR) is 96.1 cm³/mol. The van der Waals surface area contributed by atoms with Crippen LogP contribution in [-0.2, 0) is 22.6 Å². The third kappa shape index (κ3) is 2.76. The largest absolute Gasteiger partial charge is 0.338 e. The number of anilines is 1. The summed E-state index contributed by atoms with van der Waals surface area (Å²) in [6, 6.07) is 6.47. The van der Waals surface area contributed by atoms with Gasteiger partial charge in [0.2, 0.25) is 5.95 Å². The zero-order valence-electron chi connectivity index (χ0n) is 14.4. The summed E-state index contributed by atoms with van der Waals surface area (Å²) in [5.74, 6) is -2.54. The Morgan fingerprint density at radius 3 is 2.77 bits per heavy atom. The van der Waals surface area contributed by atoms with Crippen LogP contribution in [-0.4, -0.2) is 32.5 Å². The first-order chi connectivity index (χ1) is 12.4. The highest BCUT2D eigenvalue weighted by molar-refractivity contribution is 7.92. The Morgan fingerprint density at radius 1 is 1.31 bits per heavy atom. The van der Waals surface area contributed by atoms with Crippen LogP contribution in [0.2, 0.25) is 0 Å². The molecule has 2 aromatic rings. The van der Waals surface area contributed by atoms with Gasteiger partial charge in [0.25, 0.3) is 0 Å². The maximum absolute atomic E-state index is 13.0. The first-order valence-corrected chi connectivity index (χ1v) is 10.3. The summed E-state index contributed by atoms with van der Waals surface area (Å²) in [4.78, 5) is 11.4. The third-order valence-electron chi connectivity index (χ3n) is 5.21. The lowest BCUT2D eigenvalue weighted by Gasteiger charge is -2.39. The normalized spacial score (nSPS) is 21.4. The van der Waals surface area contributed by atoms with Crippen molar-refractivity contribution in [3.05, 3.63) is 35.5 Å². The molecule has 1 aromatic carbocycles. The van der Waals surface area contributed by atoms with Gasteiger partial charge in [0, 0.05) is 29.4 Å². The number of nitrogens with zero attached hydrogens (tertiary/aromatic N) is 3. The minimum Gasteiger partial charge on any atom is -0.338 e. The van der Waals surface area contributed by atoms with E-state index in [-0.39, 0.29) is 4.90 Å². The Labute approximate surface area is 151 Å². The molecule has 0 radical (unpaired) electrons. The van der Waals surface area contributed by atoms with Crippen molar-refractivity contribution in [2.75, 3.05) is 11.4 Å². The van der Waals surface area contributed by atoms with E-state index in [4.69, 9.17) is 14.7 Å². The quantitative estimate of drug-likeness (QED) is 0.877. The predicted octanol–water partition coefficient (Wildman–Crippen LogP) is 3.86. The number of rotatable bonds is 4. The molecule has 1 aliphatic heterocycles. The van der Waals surface area contributed by atoms with Gasteiger partial charge in [0.1, 0.15) is 9.73 Å². The molecular formula is C18H20F2N4OS. The molecule has 138 valence electrons. The minimum absolute atomic E-state index is 0.158. The maximum Gasteiger partial charge on any atom is 0.323 e. The van der Waals surface area contributed by atoms with Crippen molar-refractivity contribution in [1.82, 2.24) is 9.97 Å². The van der Waals surface area contributed by atoms with Gasteiger partial charge in [-0.1, -0.05) is 12.1 Å². The second-order valence-electron chi connectivity index (χ2n) is 6.87. The Morgan fingerprint density at radius 2 is 2.12 bits per heavy atom. The number of nitrogens with one attached hydrogen (secondary N) is 1. The number of hydrogen-bond donors (Lipinski definition) is 1. The highest BCUT2D eigenvalue weighted by atomic mass is 32.2. The number of benzene rings is 1. The topological polar surface area (TPSA) is 69.9 Å². The molecule has 0 spiro atoms. The van der Waals surface area contributed by atoms with Crippen LogP contribution in [0.15, 0.2) is 29.2 Å². The maximum atomic E-state index is 13.0. The molecule has 1 saturated heterocycles. The molecule has 0 saturated carbocycles. The van der Waals surface area contributed by atoms with Crippen LogP contribution >= 0.6 is 0 Å². The van der Waals surface area contributed by atoms with Gasteiger partial charge in [-0.05, 0) is 44.7 Å². The number of alkyl halides is 2. The van der Waals surface area contributed by atoms with Gasteiger partial charge in [-0.15, -0.1) is 0 Å². The Bertz CT molecular complexity index is 962. The fraction of sp³-hybridized carbons (Fsp3) is 0.444. The van der Waals surface area contributed by atoms with E-state index in [1.165, 1.54) is 12.1 Å². The summed E-state index contributed by atoms with van der Waals surface area (Å²) in [6.45, 7) is 3.03. The van der Waals surface area contributed by atoms with E-state index in [1.54, 1.807) is 12.1 Å². The van der Waals surface area contributed by atoms with E-state index < -0.39 is 15.5 Å². The Kier molecular flexibility index (Phi) is 4.17. The van der Waals surface area contributed by atoms with Crippen LogP contribution in [0.5, 0.6) is 0 Å². The SMILES string of the molecule is C[C@H]1CCN1c1nc2c(c(-c3cccc(S(=N)(=O)C(F)F)c3)n1)CCC2. The molecule has 1 fully saturated rings. The molecule has 2 heterocycles. The van der Waals surface area contributed by atoms with Crippen molar-refractivity contribution in [2.24, 2.45) is 0 Å². The fourth-order valence-electron chi connectivity index (χ4n) is 3.54. The van der Waals surface area contributed by atoms with Gasteiger partial charge >= 0.3 is 5.76 Å². The summed E-state index contributed by atoms with van der Waals surface area (Å²) in [7, 11) is -4.14. The Hall–Kier alpha value is -2.09. The number of fused-ring (bicyclic) bond motifs is 1. The van der Waals surface area contributed by atoms with Crippen molar-refractivity contribution in [2.45, 2.75) is 49.3 Å². The molecule has 1 aliphatic carbocycles. The second-order valence-corrected chi connectivity index (χ2v) is 8.90. The van der Waals surface area contributed by atoms with Crippen LogP contribution in [0.25, 0.3) is 11.3 Å². The third-order valence-corrected chi connectivity index (χ3v) is 6.66. The zero-order valence-corrected chi connectivity index (χ0v) is 15.2. The van der Waals surface area contributed by atoms with Crippen LogP contribution in [0.3, 0.4) is 0 Å². The van der Waals surface area contributed by atoms with Crippen LogP contribution < -0.4 is 4.90 Å². The highest BCUT2D eigenvalue weighted by Gasteiger charge is 2.29. The molecule has 2 atom stereocenters. The molecule has 2 aliphatic rings. The molecule has 0 bridgehead atoms. The average molecular weight is 378 g/mol. The van der Waals surface area contributed by atoms with Gasteiger partial charge in [0.15, 0.2) is 0 Å². The van der Waals surface area contributed by atoms with Crippen molar-refractivity contribution in [3.8, 4) is 11.3 Å². The number of aromatic nitrogens is 2. The Balaban J connectivity index is 1.83. The first kappa shape index (κ1) is 17.3. The van der Waals surface area contributed by atoms with Crippen LogP contribution in [0, 0.1) is 4.78 Å². The lowest BCUT2D eigenvalue weighted by atomic mass is 10.0. The van der Waals surface area contributed by atoms with E-state index in [1.807, 2.05) is 0 Å². The molecule has 8 heteroatoms. The summed E-state index contributed by atoms with van der Waals surface area (Å²) in [6.07, 6.45) is 3.81. The molecule has 0 amide bonds. The summed E-state index contributed by atoms with van der Waals surface area (Å²) in [5, 5.41) is 0. The standard InChI is InChI=1S/C18H20F2N4OS/c1-11-8-9-24(11)18-22-15-7-3-6-14(15)16(23-18)12-4-2-5-13(10-12)26(21,25)17(19)20/h2,4-5,10-11,17,21H,3,6-9H2,1H3/t11-,26?/m0/s1. The van der Waals surface area contributed by atoms with Crippen molar-refractivity contribution in [1.29, 1.82) is 4.78 Å². The minimum atomic E-state index is -4.14. The van der Waals surface area contributed by atoms with Gasteiger partial charge in [0.05, 0.1) is 10.6 Å². The lowest BCUT2D eigenvalue weighted by Crippen LogP contribution is -2.46. The van der Waals surface area contributed by atoms with E-state index in [9.17, 15) is 13.0 Å². The molecule has 1 N–H and O–H groups in total. The number of aryl methyl sites for hydroxylation is 1. The van der Waals surface area contributed by atoms with E-state index >= 15 is 0 Å². The van der Waals surface area contributed by atoms with E-state index in [2.05, 4.69) is 11.8 Å². The van der Waals surface area contributed by atoms with Crippen molar-refractivity contribution in [3.63, 3.8) is 0 Å². The molecule has 5 nitrogen and oxygen atoms in total. The van der Waals surface area contributed by atoms with Gasteiger partial charge < -0.3 is 4.90 Å². The zero-order chi connectivity index (χ0) is 18.5. The van der Waals surface area contributed by atoms with Crippen LogP contribution in [0.1, 0.15) is 31.0 Å². The summed E-state index contributed by atoms with van der Waals surface area (Å²) < 4.78 is 45.6. The molecule has 4 rings (SSSR count). The number of hydrogen-bond acceptors (Lipinski definition) is 5. The number of halogens is 2. The van der Waals surface area contributed by atoms with Crippen molar-refractivity contribution >= 4 is 15.7 Å². The molecule has 1 aromatic heterocycles. The average Bonchev–Trinajstić information content (AvgIpc) is 3.08. The fourth-order valence-corrected chi connectivity index (χ4v) is 4.32. The summed E-state index contributed by atoms with van der Waals surface area (Å²) in [5.41, 5.74) is 3.38. The summed E-state index contributed by atoms with van der Waals surface area (Å²) >= 11 is 0. The van der Waals surface area contributed by atoms with E-state index in [0.717, 1.165) is 43.5 Å². The van der Waals surface area contributed by atoms with Crippen LogP contribution in [0.4, 0.5) is 14.7 Å². The molecule has 26 heavy (non-hydrogen) atoms. The first-order valence-electron chi connectivity index (χ1n) is 8.70. The lowest BCUT2D eigenvalue weighted by molar-refractivity contribution is 0.241. The molecular weight excluding hydrogens is 358 g/mol. The van der Waals surface area contributed by atoms with Gasteiger partial charge in [-0.3, -0.25) is 0 Å². The van der Waals surface area contributed by atoms with Gasteiger partial charge in [-0.2, -0.15) is 8.78 Å². The van der Waals surface area contributed by atoms with Gasteiger partial charge in [-0.25, -0.2) is 19.0 Å². The highest BCUT2D eigenvalue weighted by Crippen LogP contribution is 2.35. The monoisotopic (exact) mass is 378 g/mol.